The summed E-state index contributed by atoms with van der Waals surface area (Å²) in [6.45, 7) is 9.23. The van der Waals surface area contributed by atoms with Crippen LogP contribution in [0.1, 0.15) is 35.5 Å². The van der Waals surface area contributed by atoms with Crippen LogP contribution in [0.15, 0.2) is 48.5 Å². The molecule has 1 aliphatic rings. The molecule has 2 aromatic carbocycles. The molecule has 4 rings (SSSR count). The number of amides is 1. The Morgan fingerprint density at radius 3 is 2.48 bits per heavy atom. The molecule has 2 heterocycles. The third-order valence-corrected chi connectivity index (χ3v) is 5.58. The summed E-state index contributed by atoms with van der Waals surface area (Å²) in [5, 5.41) is 4.85. The highest BCUT2D eigenvalue weighted by atomic mass is 16.5. The van der Waals surface area contributed by atoms with Crippen molar-refractivity contribution in [3.63, 3.8) is 0 Å². The van der Waals surface area contributed by atoms with Gasteiger partial charge in [0.1, 0.15) is 11.4 Å². The molecule has 1 amide bonds. The van der Waals surface area contributed by atoms with Gasteiger partial charge in [-0.15, -0.1) is 0 Å². The number of aromatic nitrogens is 2. The van der Waals surface area contributed by atoms with Crippen molar-refractivity contribution in [2.75, 3.05) is 20.2 Å². The van der Waals surface area contributed by atoms with Gasteiger partial charge in [-0.25, -0.2) is 4.68 Å². The van der Waals surface area contributed by atoms with Gasteiger partial charge in [0.2, 0.25) is 0 Å². The first-order valence-electron chi connectivity index (χ1n) is 10.6. The Bertz CT molecular complexity index is 1100. The van der Waals surface area contributed by atoms with E-state index in [1.165, 1.54) is 5.56 Å². The maximum absolute atomic E-state index is 13.6. The van der Waals surface area contributed by atoms with Crippen LogP contribution in [0.5, 0.6) is 5.75 Å². The van der Waals surface area contributed by atoms with E-state index >= 15 is 0 Å². The molecule has 0 spiro atoms. The fraction of sp³-hybridized carbons (Fsp3) is 0.360. The molecule has 6 heteroatoms. The van der Waals surface area contributed by atoms with E-state index in [1.807, 2.05) is 68.1 Å². The third-order valence-electron chi connectivity index (χ3n) is 5.58. The Kier molecular flexibility index (Phi) is 5.83. The highest BCUT2D eigenvalue weighted by Crippen LogP contribution is 2.27. The summed E-state index contributed by atoms with van der Waals surface area (Å²) in [5.74, 6) is 0.714. The van der Waals surface area contributed by atoms with E-state index in [-0.39, 0.29) is 18.1 Å². The Morgan fingerprint density at radius 2 is 1.81 bits per heavy atom. The lowest BCUT2D eigenvalue weighted by molar-refractivity contribution is -0.0588. The van der Waals surface area contributed by atoms with Gasteiger partial charge in [-0.2, -0.15) is 5.10 Å². The summed E-state index contributed by atoms with van der Waals surface area (Å²) in [6.07, 6.45) is 0.00562. The van der Waals surface area contributed by atoms with Gasteiger partial charge in [-0.05, 0) is 57.5 Å². The van der Waals surface area contributed by atoms with Gasteiger partial charge in [0.05, 0.1) is 30.7 Å². The summed E-state index contributed by atoms with van der Waals surface area (Å²) < 4.78 is 13.0. The molecule has 0 N–H and O–H groups in total. The Morgan fingerprint density at radius 1 is 1.06 bits per heavy atom. The van der Waals surface area contributed by atoms with Gasteiger partial charge in [0.25, 0.3) is 5.91 Å². The second-order valence-electron chi connectivity index (χ2n) is 8.32. The van der Waals surface area contributed by atoms with Crippen LogP contribution >= 0.6 is 0 Å². The number of methoxy groups -OCH3 is 1. The number of ether oxygens (including phenoxy) is 2. The van der Waals surface area contributed by atoms with Gasteiger partial charge in [-0.3, -0.25) is 4.79 Å². The quantitative estimate of drug-likeness (QED) is 0.628. The molecule has 0 unspecified atom stereocenters. The zero-order chi connectivity index (χ0) is 22.1. The molecule has 162 valence electrons. The standard InChI is InChI=1S/C25H29N3O3/c1-16-9-10-23(17(2)11-16)28-24(25(29)27-14-18(3)31-19(4)15-27)13-22(26-28)20-7-6-8-21(12-20)30-5/h6-13,18-19H,14-15H2,1-5H3/t18-,19-/m0/s1. The van der Waals surface area contributed by atoms with Crippen molar-refractivity contribution in [3.05, 3.63) is 65.4 Å². The van der Waals surface area contributed by atoms with E-state index in [1.54, 1.807) is 11.8 Å². The molecule has 1 aromatic heterocycles. The van der Waals surface area contributed by atoms with E-state index in [4.69, 9.17) is 14.6 Å². The Labute approximate surface area is 183 Å². The number of rotatable bonds is 4. The smallest absolute Gasteiger partial charge is 0.272 e. The largest absolute Gasteiger partial charge is 0.497 e. The topological polar surface area (TPSA) is 56.6 Å². The van der Waals surface area contributed by atoms with Crippen LogP contribution in [-0.4, -0.2) is 53.0 Å². The van der Waals surface area contributed by atoms with Gasteiger partial charge in [-0.1, -0.05) is 29.8 Å². The number of nitrogens with zero attached hydrogens (tertiary/aromatic N) is 3. The van der Waals surface area contributed by atoms with E-state index in [0.717, 1.165) is 28.3 Å². The molecule has 0 aliphatic carbocycles. The summed E-state index contributed by atoms with van der Waals surface area (Å²) in [4.78, 5) is 15.5. The summed E-state index contributed by atoms with van der Waals surface area (Å²) in [5.41, 5.74) is 5.32. The Balaban J connectivity index is 1.82. The number of aryl methyl sites for hydroxylation is 2. The number of hydrogen-bond acceptors (Lipinski definition) is 4. The number of morpholine rings is 1. The van der Waals surface area contributed by atoms with E-state index in [0.29, 0.717) is 18.8 Å². The summed E-state index contributed by atoms with van der Waals surface area (Å²) >= 11 is 0. The number of carbonyl (C=O) groups is 1. The first-order valence-corrected chi connectivity index (χ1v) is 10.6. The van der Waals surface area contributed by atoms with Gasteiger partial charge in [0, 0.05) is 18.7 Å². The van der Waals surface area contributed by atoms with Crippen molar-refractivity contribution in [2.24, 2.45) is 0 Å². The van der Waals surface area contributed by atoms with E-state index in [2.05, 4.69) is 13.0 Å². The first-order chi connectivity index (χ1) is 14.9. The molecular formula is C25H29N3O3. The predicted octanol–water partition coefficient (Wildman–Crippen LogP) is 4.41. The lowest BCUT2D eigenvalue weighted by Gasteiger charge is -2.35. The molecule has 1 aliphatic heterocycles. The maximum atomic E-state index is 13.6. The van der Waals surface area contributed by atoms with Crippen LogP contribution in [-0.2, 0) is 4.74 Å². The predicted molar refractivity (Wildman–Crippen MR) is 121 cm³/mol. The minimum Gasteiger partial charge on any atom is -0.497 e. The highest BCUT2D eigenvalue weighted by Gasteiger charge is 2.29. The zero-order valence-electron chi connectivity index (χ0n) is 18.8. The first kappa shape index (κ1) is 21.1. The number of carbonyl (C=O) groups excluding carboxylic acids is 1. The fourth-order valence-corrected chi connectivity index (χ4v) is 4.19. The number of benzene rings is 2. The molecule has 0 saturated carbocycles. The van der Waals surface area contributed by atoms with Crippen LogP contribution in [0.4, 0.5) is 0 Å². The molecule has 1 saturated heterocycles. The third kappa shape index (κ3) is 4.35. The second kappa shape index (κ2) is 8.55. The number of hydrogen-bond donors (Lipinski definition) is 0. The summed E-state index contributed by atoms with van der Waals surface area (Å²) in [6, 6.07) is 15.8. The molecule has 1 fully saturated rings. The van der Waals surface area contributed by atoms with Gasteiger partial charge < -0.3 is 14.4 Å². The van der Waals surface area contributed by atoms with Crippen LogP contribution < -0.4 is 4.74 Å². The molecule has 31 heavy (non-hydrogen) atoms. The molecule has 3 aromatic rings. The van der Waals surface area contributed by atoms with E-state index in [9.17, 15) is 4.79 Å². The molecule has 0 bridgehead atoms. The molecular weight excluding hydrogens is 390 g/mol. The molecule has 0 radical (unpaired) electrons. The van der Waals surface area contributed by atoms with Gasteiger partial charge >= 0.3 is 0 Å². The average Bonchev–Trinajstić information content (AvgIpc) is 3.17. The van der Waals surface area contributed by atoms with Crippen LogP contribution in [0.2, 0.25) is 0 Å². The maximum Gasteiger partial charge on any atom is 0.272 e. The van der Waals surface area contributed by atoms with Gasteiger partial charge in [0.15, 0.2) is 0 Å². The van der Waals surface area contributed by atoms with Crippen molar-refractivity contribution in [1.29, 1.82) is 0 Å². The van der Waals surface area contributed by atoms with E-state index < -0.39 is 0 Å². The van der Waals surface area contributed by atoms with Crippen LogP contribution in [0.25, 0.3) is 16.9 Å². The lowest BCUT2D eigenvalue weighted by Crippen LogP contribution is -2.48. The monoisotopic (exact) mass is 419 g/mol. The van der Waals surface area contributed by atoms with Crippen LogP contribution in [0, 0.1) is 13.8 Å². The fourth-order valence-electron chi connectivity index (χ4n) is 4.19. The second-order valence-corrected chi connectivity index (χ2v) is 8.32. The normalized spacial score (nSPS) is 18.8. The summed E-state index contributed by atoms with van der Waals surface area (Å²) in [7, 11) is 1.64. The SMILES string of the molecule is COc1cccc(-c2cc(C(=O)N3C[C@H](C)O[C@@H](C)C3)n(-c3ccc(C)cc3C)n2)c1. The lowest BCUT2D eigenvalue weighted by atomic mass is 10.1. The molecule has 6 nitrogen and oxygen atoms in total. The van der Waals surface area contributed by atoms with Crippen molar-refractivity contribution < 1.29 is 14.3 Å². The van der Waals surface area contributed by atoms with Crippen molar-refractivity contribution in [3.8, 4) is 22.7 Å². The zero-order valence-corrected chi connectivity index (χ0v) is 18.8. The minimum atomic E-state index is -0.0383. The highest BCUT2D eigenvalue weighted by molar-refractivity contribution is 5.94. The average molecular weight is 420 g/mol. The minimum absolute atomic E-state index is 0.00281. The van der Waals surface area contributed by atoms with Crippen LogP contribution in [0.3, 0.4) is 0 Å². The Hall–Kier alpha value is -3.12. The van der Waals surface area contributed by atoms with Crippen molar-refractivity contribution in [1.82, 2.24) is 14.7 Å². The molecule has 2 atom stereocenters. The van der Waals surface area contributed by atoms with Crippen molar-refractivity contribution >= 4 is 5.91 Å². The van der Waals surface area contributed by atoms with Crippen molar-refractivity contribution in [2.45, 2.75) is 39.9 Å².